The van der Waals surface area contributed by atoms with Gasteiger partial charge in [-0.15, -0.1) is 0 Å². The second-order valence-electron chi connectivity index (χ2n) is 3.85. The number of nitrogens with one attached hydrogen (secondary N) is 1. The summed E-state index contributed by atoms with van der Waals surface area (Å²) in [7, 11) is 0. The number of pyridine rings is 1. The molecule has 0 saturated carbocycles. The molecule has 0 spiro atoms. The molecule has 18 heavy (non-hydrogen) atoms. The molecule has 1 aliphatic heterocycles. The molecule has 0 unspecified atom stereocenters. The van der Waals surface area contributed by atoms with Crippen LogP contribution in [0.2, 0.25) is 0 Å². The Hall–Kier alpha value is -0.790. The molecule has 98 valence electrons. The van der Waals surface area contributed by atoms with E-state index in [9.17, 15) is 13.6 Å². The van der Waals surface area contributed by atoms with Gasteiger partial charge in [-0.3, -0.25) is 4.79 Å². The van der Waals surface area contributed by atoms with Gasteiger partial charge in [0.25, 0.3) is 5.91 Å². The van der Waals surface area contributed by atoms with Crippen LogP contribution in [0.4, 0.5) is 14.6 Å². The number of hydrogen-bond donors (Lipinski definition) is 1. The predicted octanol–water partition coefficient (Wildman–Crippen LogP) is 2.17. The number of carbonyl (C=O) groups is 1. The molecule has 0 aliphatic carbocycles. The number of nitrogens with zero attached hydrogens (tertiary/aromatic N) is 2. The Kier molecular flexibility index (Phi) is 4.14. The van der Waals surface area contributed by atoms with Gasteiger partial charge in [0.2, 0.25) is 0 Å². The van der Waals surface area contributed by atoms with Crippen LogP contribution in [-0.2, 0) is 4.79 Å². The Morgan fingerprint density at radius 2 is 2.33 bits per heavy atom. The normalized spacial score (nSPS) is 23.1. The molecular formula is C10H9BrClF2N3O. The van der Waals surface area contributed by atoms with Crippen LogP contribution < -0.4 is 9.74 Å². The van der Waals surface area contributed by atoms with Crippen molar-refractivity contribution in [3.63, 3.8) is 0 Å². The Balaban J connectivity index is 2.12. The van der Waals surface area contributed by atoms with E-state index in [1.807, 2.05) is 0 Å². The van der Waals surface area contributed by atoms with E-state index in [4.69, 9.17) is 11.8 Å². The fourth-order valence-corrected chi connectivity index (χ4v) is 2.17. The topological polar surface area (TPSA) is 45.2 Å². The van der Waals surface area contributed by atoms with Crippen molar-refractivity contribution in [3.05, 3.63) is 22.6 Å². The zero-order chi connectivity index (χ0) is 13.3. The molecule has 0 radical (unpaired) electrons. The Morgan fingerprint density at radius 1 is 1.61 bits per heavy atom. The third-order valence-electron chi connectivity index (χ3n) is 2.56. The molecule has 2 rings (SSSR count). The van der Waals surface area contributed by atoms with Crippen molar-refractivity contribution in [2.75, 3.05) is 11.0 Å². The van der Waals surface area contributed by atoms with Gasteiger partial charge in [-0.2, -0.15) is 0 Å². The molecule has 0 bridgehead atoms. The van der Waals surface area contributed by atoms with E-state index in [1.165, 1.54) is 6.07 Å². The Labute approximate surface area is 116 Å². The molecule has 8 heteroatoms. The van der Waals surface area contributed by atoms with Crippen molar-refractivity contribution < 1.29 is 13.6 Å². The molecule has 1 amide bonds. The lowest BCUT2D eigenvalue weighted by atomic mass is 10.2. The molecule has 1 saturated heterocycles. The minimum Gasteiger partial charge on any atom is -0.303 e. The maximum Gasteiger partial charge on any atom is 0.260 e. The summed E-state index contributed by atoms with van der Waals surface area (Å²) in [6, 6.07) is 1.73. The number of aromatic nitrogens is 1. The SMILES string of the molecule is O=C([C@@H]1C[C@@H](F)CN1)N(Cl)c1ccc(F)c(Br)n1. The van der Waals surface area contributed by atoms with Gasteiger partial charge in [-0.05, 0) is 28.1 Å². The second-order valence-corrected chi connectivity index (χ2v) is 4.94. The molecule has 0 aromatic carbocycles. The van der Waals surface area contributed by atoms with Gasteiger partial charge in [0, 0.05) is 24.7 Å². The quantitative estimate of drug-likeness (QED) is 0.663. The summed E-state index contributed by atoms with van der Waals surface area (Å²) >= 11 is 8.72. The summed E-state index contributed by atoms with van der Waals surface area (Å²) in [6.45, 7) is 0.127. The monoisotopic (exact) mass is 339 g/mol. The first-order valence-electron chi connectivity index (χ1n) is 5.18. The third kappa shape index (κ3) is 2.78. The fourth-order valence-electron chi connectivity index (χ4n) is 1.65. The molecule has 4 nitrogen and oxygen atoms in total. The first kappa shape index (κ1) is 13.6. The van der Waals surface area contributed by atoms with Crippen molar-refractivity contribution in [1.29, 1.82) is 0 Å². The van der Waals surface area contributed by atoms with Crippen molar-refractivity contribution in [2.24, 2.45) is 0 Å². The lowest BCUT2D eigenvalue weighted by molar-refractivity contribution is -0.119. The van der Waals surface area contributed by atoms with Crippen LogP contribution >= 0.6 is 27.7 Å². The molecule has 1 fully saturated rings. The number of hydrogen-bond acceptors (Lipinski definition) is 3. The van der Waals surface area contributed by atoms with Crippen molar-refractivity contribution in [2.45, 2.75) is 18.6 Å². The number of rotatable bonds is 2. The van der Waals surface area contributed by atoms with E-state index >= 15 is 0 Å². The van der Waals surface area contributed by atoms with Crippen molar-refractivity contribution >= 4 is 39.4 Å². The molecule has 2 heterocycles. The van der Waals surface area contributed by atoms with Crippen LogP contribution in [0.5, 0.6) is 0 Å². The van der Waals surface area contributed by atoms with Crippen LogP contribution in [0.3, 0.4) is 0 Å². The molecule has 1 aromatic heterocycles. The number of amides is 1. The summed E-state index contributed by atoms with van der Waals surface area (Å²) in [6.07, 6.45) is -0.985. The highest BCUT2D eigenvalue weighted by atomic mass is 79.9. The summed E-state index contributed by atoms with van der Waals surface area (Å²) in [5.41, 5.74) is 0. The second kappa shape index (κ2) is 5.46. The van der Waals surface area contributed by atoms with E-state index < -0.39 is 23.9 Å². The molecular weight excluding hydrogens is 331 g/mol. The lowest BCUT2D eigenvalue weighted by Crippen LogP contribution is -2.39. The largest absolute Gasteiger partial charge is 0.303 e. The highest BCUT2D eigenvalue weighted by molar-refractivity contribution is 9.10. The van der Waals surface area contributed by atoms with Gasteiger partial charge in [-0.25, -0.2) is 18.2 Å². The minimum absolute atomic E-state index is 0.0406. The minimum atomic E-state index is -1.06. The van der Waals surface area contributed by atoms with Gasteiger partial charge < -0.3 is 5.32 Å². The van der Waals surface area contributed by atoms with Crippen LogP contribution in [0.1, 0.15) is 6.42 Å². The van der Waals surface area contributed by atoms with Crippen LogP contribution in [0.25, 0.3) is 0 Å². The maximum absolute atomic E-state index is 13.0. The average Bonchev–Trinajstić information content (AvgIpc) is 2.77. The molecule has 1 N–H and O–H groups in total. The highest BCUT2D eigenvalue weighted by Gasteiger charge is 2.33. The van der Waals surface area contributed by atoms with Gasteiger partial charge in [0.05, 0.1) is 6.04 Å². The van der Waals surface area contributed by atoms with E-state index in [0.717, 1.165) is 10.5 Å². The summed E-state index contributed by atoms with van der Waals surface area (Å²) in [5.74, 6) is -0.985. The number of alkyl halides is 1. The van der Waals surface area contributed by atoms with E-state index in [-0.39, 0.29) is 23.4 Å². The standard InChI is InChI=1S/C10H9BrClF2N3O/c11-9-6(14)1-2-8(16-9)17(12)10(18)7-3-5(13)4-15-7/h1-2,5,7,15H,3-4H2/t5-,7+/m1/s1. The zero-order valence-electron chi connectivity index (χ0n) is 9.04. The van der Waals surface area contributed by atoms with Crippen molar-refractivity contribution in [3.8, 4) is 0 Å². The maximum atomic E-state index is 13.0. The fraction of sp³-hybridized carbons (Fsp3) is 0.400. The summed E-state index contributed by atoms with van der Waals surface area (Å²) < 4.78 is 26.7. The predicted molar refractivity (Wildman–Crippen MR) is 66.5 cm³/mol. The van der Waals surface area contributed by atoms with Gasteiger partial charge in [-0.1, -0.05) is 0 Å². The van der Waals surface area contributed by atoms with Crippen LogP contribution in [0, 0.1) is 5.82 Å². The van der Waals surface area contributed by atoms with Crippen molar-refractivity contribution in [1.82, 2.24) is 10.3 Å². The van der Waals surface area contributed by atoms with Crippen LogP contribution in [-0.4, -0.2) is 29.6 Å². The van der Waals surface area contributed by atoms with E-state index in [1.54, 1.807) is 0 Å². The average molecular weight is 341 g/mol. The summed E-state index contributed by atoms with van der Waals surface area (Å²) in [5, 5.41) is 2.72. The molecule has 1 aliphatic rings. The highest BCUT2D eigenvalue weighted by Crippen LogP contribution is 2.22. The number of anilines is 1. The summed E-state index contributed by atoms with van der Waals surface area (Å²) in [4.78, 5) is 15.7. The van der Waals surface area contributed by atoms with E-state index in [0.29, 0.717) is 0 Å². The Bertz CT molecular complexity index is 476. The number of halogens is 4. The first-order chi connectivity index (χ1) is 8.49. The van der Waals surface area contributed by atoms with Crippen LogP contribution in [0.15, 0.2) is 16.7 Å². The van der Waals surface area contributed by atoms with Gasteiger partial charge in [0.15, 0.2) is 11.6 Å². The van der Waals surface area contributed by atoms with E-state index in [2.05, 4.69) is 26.2 Å². The molecule has 2 atom stereocenters. The smallest absolute Gasteiger partial charge is 0.260 e. The van der Waals surface area contributed by atoms with Gasteiger partial charge in [0.1, 0.15) is 10.8 Å². The first-order valence-corrected chi connectivity index (χ1v) is 6.31. The molecule has 1 aromatic rings. The third-order valence-corrected chi connectivity index (χ3v) is 3.45. The zero-order valence-corrected chi connectivity index (χ0v) is 11.4. The number of carbonyl (C=O) groups excluding carboxylic acids is 1. The Morgan fingerprint density at radius 3 is 2.89 bits per heavy atom. The lowest BCUT2D eigenvalue weighted by Gasteiger charge is -2.17. The van der Waals surface area contributed by atoms with Gasteiger partial charge >= 0.3 is 0 Å².